The summed E-state index contributed by atoms with van der Waals surface area (Å²) in [4.78, 5) is 0. The Labute approximate surface area is 118 Å². The minimum atomic E-state index is 0.361. The molecule has 106 valence electrons. The molecule has 4 atom stereocenters. The van der Waals surface area contributed by atoms with Crippen LogP contribution in [0.15, 0.2) is 23.4 Å². The van der Waals surface area contributed by atoms with Gasteiger partial charge in [-0.3, -0.25) is 0 Å². The second kappa shape index (κ2) is 3.90. The van der Waals surface area contributed by atoms with Crippen LogP contribution in [0.4, 0.5) is 0 Å². The van der Waals surface area contributed by atoms with Gasteiger partial charge in [-0.15, -0.1) is 0 Å². The van der Waals surface area contributed by atoms with Crippen LogP contribution >= 0.6 is 0 Å². The van der Waals surface area contributed by atoms with Crippen molar-refractivity contribution in [2.24, 2.45) is 22.7 Å². The fraction of sp³-hybridized carbons (Fsp3) is 0.778. The zero-order valence-corrected chi connectivity index (χ0v) is 13.3. The van der Waals surface area contributed by atoms with Gasteiger partial charge in [-0.25, -0.2) is 0 Å². The summed E-state index contributed by atoms with van der Waals surface area (Å²) in [6.07, 6.45) is 5.08. The van der Waals surface area contributed by atoms with Crippen molar-refractivity contribution in [1.82, 2.24) is 5.32 Å². The lowest BCUT2D eigenvalue weighted by Crippen LogP contribution is -2.60. The summed E-state index contributed by atoms with van der Waals surface area (Å²) in [6.45, 7) is 16.6. The Morgan fingerprint density at radius 2 is 1.95 bits per heavy atom. The molecule has 3 rings (SSSR count). The van der Waals surface area contributed by atoms with Crippen molar-refractivity contribution in [3.05, 3.63) is 23.4 Å². The topological polar surface area (TPSA) is 12.0 Å². The number of allylic oxidation sites excluding steroid dienone is 2. The molecule has 0 aromatic rings. The van der Waals surface area contributed by atoms with E-state index in [2.05, 4.69) is 46.5 Å². The summed E-state index contributed by atoms with van der Waals surface area (Å²) in [6, 6.07) is 0.615. The Hall–Kier alpha value is -0.720. The standard InChI is InChI=1S/C18H29N/c1-11-9-15-17(4,5)8-7-16-18(15,6)14(13(11)3)10-12(2)19-16/h11,15-16,19H,2,7-10H2,1,3-6H3/t11-,15?,16?,18+/m0/s1. The smallest absolute Gasteiger partial charge is 0.0352 e. The largest absolute Gasteiger partial charge is 0.385 e. The molecule has 1 N–H and O–H groups in total. The van der Waals surface area contributed by atoms with E-state index in [1.54, 1.807) is 11.1 Å². The van der Waals surface area contributed by atoms with Gasteiger partial charge in [0.15, 0.2) is 0 Å². The maximum atomic E-state index is 4.23. The fourth-order valence-corrected chi connectivity index (χ4v) is 5.34. The third-order valence-corrected chi connectivity index (χ3v) is 6.69. The highest BCUT2D eigenvalue weighted by molar-refractivity contribution is 5.37. The number of hydrogen-bond acceptors (Lipinski definition) is 1. The monoisotopic (exact) mass is 259 g/mol. The average Bonchev–Trinajstić information content (AvgIpc) is 2.32. The number of hydrogen-bond donors (Lipinski definition) is 1. The van der Waals surface area contributed by atoms with Gasteiger partial charge in [-0.05, 0) is 43.4 Å². The minimum Gasteiger partial charge on any atom is -0.385 e. The first-order chi connectivity index (χ1) is 8.76. The van der Waals surface area contributed by atoms with Gasteiger partial charge in [0.1, 0.15) is 0 Å². The van der Waals surface area contributed by atoms with Crippen molar-refractivity contribution >= 4 is 0 Å². The van der Waals surface area contributed by atoms with Crippen LogP contribution in [0.3, 0.4) is 0 Å². The van der Waals surface area contributed by atoms with Gasteiger partial charge in [0, 0.05) is 23.6 Å². The van der Waals surface area contributed by atoms with Crippen molar-refractivity contribution in [3.8, 4) is 0 Å². The van der Waals surface area contributed by atoms with E-state index in [1.165, 1.54) is 25.0 Å². The van der Waals surface area contributed by atoms with Crippen LogP contribution in [0, 0.1) is 22.7 Å². The van der Waals surface area contributed by atoms with E-state index >= 15 is 0 Å². The number of rotatable bonds is 0. The third kappa shape index (κ3) is 1.66. The van der Waals surface area contributed by atoms with Crippen LogP contribution in [0.5, 0.6) is 0 Å². The van der Waals surface area contributed by atoms with E-state index in [0.717, 1.165) is 18.3 Å². The van der Waals surface area contributed by atoms with Crippen LogP contribution < -0.4 is 5.32 Å². The molecule has 1 saturated heterocycles. The SMILES string of the molecule is C=C1CC2=C(C)[C@@H](C)CC3C(C)(C)CCC(N1)[C@]23C. The van der Waals surface area contributed by atoms with Crippen LogP contribution in [0.1, 0.15) is 60.3 Å². The van der Waals surface area contributed by atoms with Gasteiger partial charge >= 0.3 is 0 Å². The van der Waals surface area contributed by atoms with E-state index in [9.17, 15) is 0 Å². The molecule has 19 heavy (non-hydrogen) atoms. The molecule has 0 radical (unpaired) electrons. The summed E-state index contributed by atoms with van der Waals surface area (Å²) in [7, 11) is 0. The van der Waals surface area contributed by atoms with Crippen LogP contribution in [0.2, 0.25) is 0 Å². The van der Waals surface area contributed by atoms with Crippen LogP contribution in [-0.2, 0) is 0 Å². The maximum Gasteiger partial charge on any atom is 0.0352 e. The first kappa shape index (κ1) is 13.3. The number of nitrogens with one attached hydrogen (secondary N) is 1. The molecular formula is C18H29N. The second-order valence-corrected chi connectivity index (χ2v) is 8.14. The summed E-state index contributed by atoms with van der Waals surface area (Å²) < 4.78 is 0. The van der Waals surface area contributed by atoms with E-state index in [-0.39, 0.29) is 0 Å². The molecule has 3 aliphatic rings. The highest BCUT2D eigenvalue weighted by atomic mass is 15.0. The van der Waals surface area contributed by atoms with Gasteiger partial charge < -0.3 is 5.32 Å². The lowest BCUT2D eigenvalue weighted by molar-refractivity contribution is -0.0293. The zero-order valence-electron chi connectivity index (χ0n) is 13.3. The van der Waals surface area contributed by atoms with Crippen molar-refractivity contribution in [2.45, 2.75) is 66.3 Å². The molecule has 1 saturated carbocycles. The summed E-state index contributed by atoms with van der Waals surface area (Å²) in [5, 5.41) is 3.73. The number of piperidine rings is 1. The van der Waals surface area contributed by atoms with E-state index < -0.39 is 0 Å². The summed E-state index contributed by atoms with van der Waals surface area (Å²) in [5.74, 6) is 1.56. The van der Waals surface area contributed by atoms with Gasteiger partial charge in [-0.2, -0.15) is 0 Å². The Bertz CT molecular complexity index is 456. The maximum absolute atomic E-state index is 4.23. The molecule has 0 bridgehead atoms. The van der Waals surface area contributed by atoms with Gasteiger partial charge in [0.25, 0.3) is 0 Å². The molecule has 2 unspecified atom stereocenters. The molecule has 0 spiro atoms. The Kier molecular flexibility index (Phi) is 2.72. The van der Waals surface area contributed by atoms with E-state index in [4.69, 9.17) is 0 Å². The highest BCUT2D eigenvalue weighted by Crippen LogP contribution is 2.62. The van der Waals surface area contributed by atoms with Gasteiger partial charge in [-0.1, -0.05) is 45.4 Å². The molecule has 0 aromatic heterocycles. The van der Waals surface area contributed by atoms with Crippen molar-refractivity contribution in [1.29, 1.82) is 0 Å². The van der Waals surface area contributed by atoms with Crippen LogP contribution in [-0.4, -0.2) is 6.04 Å². The van der Waals surface area contributed by atoms with Crippen molar-refractivity contribution in [2.75, 3.05) is 0 Å². The first-order valence-corrected chi connectivity index (χ1v) is 7.91. The highest BCUT2D eigenvalue weighted by Gasteiger charge is 2.57. The second-order valence-electron chi connectivity index (χ2n) is 8.14. The predicted octanol–water partition coefficient (Wildman–Crippen LogP) is 4.66. The van der Waals surface area contributed by atoms with Crippen molar-refractivity contribution in [3.63, 3.8) is 0 Å². The predicted molar refractivity (Wildman–Crippen MR) is 81.8 cm³/mol. The van der Waals surface area contributed by atoms with Gasteiger partial charge in [0.2, 0.25) is 0 Å². The molecule has 1 heterocycles. The molecule has 0 amide bonds. The summed E-state index contributed by atoms with van der Waals surface area (Å²) >= 11 is 0. The van der Waals surface area contributed by atoms with Crippen LogP contribution in [0.25, 0.3) is 0 Å². The minimum absolute atomic E-state index is 0.361. The van der Waals surface area contributed by atoms with Crippen molar-refractivity contribution < 1.29 is 0 Å². The molecule has 1 aliphatic heterocycles. The van der Waals surface area contributed by atoms with E-state index in [0.29, 0.717) is 16.9 Å². The lowest BCUT2D eigenvalue weighted by Gasteiger charge is -2.62. The quantitative estimate of drug-likeness (QED) is 0.624. The third-order valence-electron chi connectivity index (χ3n) is 6.69. The molecular weight excluding hydrogens is 230 g/mol. The molecule has 1 nitrogen and oxygen atoms in total. The molecule has 2 fully saturated rings. The fourth-order valence-electron chi connectivity index (χ4n) is 5.34. The Morgan fingerprint density at radius 1 is 1.26 bits per heavy atom. The first-order valence-electron chi connectivity index (χ1n) is 7.91. The average molecular weight is 259 g/mol. The zero-order chi connectivity index (χ0) is 14.0. The van der Waals surface area contributed by atoms with Gasteiger partial charge in [0.05, 0.1) is 0 Å². The Morgan fingerprint density at radius 3 is 2.63 bits per heavy atom. The molecule has 0 aromatic carbocycles. The molecule has 2 aliphatic carbocycles. The summed E-state index contributed by atoms with van der Waals surface area (Å²) in [5.41, 5.74) is 5.46. The normalized spacial score (nSPS) is 44.7. The lowest BCUT2D eigenvalue weighted by atomic mass is 9.46. The Balaban J connectivity index is 2.16. The molecule has 1 heteroatoms. The van der Waals surface area contributed by atoms with E-state index in [1.807, 2.05) is 0 Å².